The summed E-state index contributed by atoms with van der Waals surface area (Å²) >= 11 is 0. The zero-order valence-electron chi connectivity index (χ0n) is 8.07. The molecule has 7 heteroatoms. The number of rotatable bonds is 5. The summed E-state index contributed by atoms with van der Waals surface area (Å²) in [7, 11) is 4.81. The number of hydrogen-bond acceptors (Lipinski definition) is 4. The SMILES string of the molecule is C=COCC(C)OCC.O=S(=O)(Cl)Cl. The van der Waals surface area contributed by atoms with Crippen molar-refractivity contribution in [3.8, 4) is 0 Å². The molecule has 0 amide bonds. The van der Waals surface area contributed by atoms with Gasteiger partial charge in [-0.25, -0.2) is 0 Å². The summed E-state index contributed by atoms with van der Waals surface area (Å²) in [5.74, 6) is 0. The number of hydrogen-bond donors (Lipinski definition) is 0. The van der Waals surface area contributed by atoms with Crippen LogP contribution in [0.2, 0.25) is 0 Å². The van der Waals surface area contributed by atoms with E-state index in [1.807, 2.05) is 13.8 Å². The lowest BCUT2D eigenvalue weighted by molar-refractivity contribution is 0.0271. The minimum atomic E-state index is -3.72. The Labute approximate surface area is 93.7 Å². The number of ether oxygens (including phenoxy) is 2. The van der Waals surface area contributed by atoms with Crippen LogP contribution in [0.5, 0.6) is 0 Å². The van der Waals surface area contributed by atoms with Crippen LogP contribution in [0.4, 0.5) is 0 Å². The molecule has 0 aliphatic rings. The fourth-order valence-corrected chi connectivity index (χ4v) is 0.536. The van der Waals surface area contributed by atoms with Gasteiger partial charge in [-0.15, -0.1) is 0 Å². The Balaban J connectivity index is 0. The van der Waals surface area contributed by atoms with Gasteiger partial charge >= 0.3 is 8.26 Å². The maximum Gasteiger partial charge on any atom is 0.317 e. The molecule has 0 rings (SSSR count). The average Bonchev–Trinajstić information content (AvgIpc) is 1.98. The van der Waals surface area contributed by atoms with E-state index in [1.54, 1.807) is 0 Å². The van der Waals surface area contributed by atoms with Crippen molar-refractivity contribution in [3.63, 3.8) is 0 Å². The lowest BCUT2D eigenvalue weighted by Crippen LogP contribution is -2.13. The van der Waals surface area contributed by atoms with Gasteiger partial charge in [-0.2, -0.15) is 8.42 Å². The minimum Gasteiger partial charge on any atom is -0.499 e. The molecule has 0 aromatic carbocycles. The van der Waals surface area contributed by atoms with Gasteiger partial charge in [0, 0.05) is 28.0 Å². The van der Waals surface area contributed by atoms with Crippen LogP contribution in [0.25, 0.3) is 0 Å². The molecule has 0 heterocycles. The van der Waals surface area contributed by atoms with Crippen molar-refractivity contribution in [2.45, 2.75) is 20.0 Å². The topological polar surface area (TPSA) is 52.6 Å². The summed E-state index contributed by atoms with van der Waals surface area (Å²) in [6.45, 7) is 8.68. The Morgan fingerprint density at radius 2 is 1.93 bits per heavy atom. The highest BCUT2D eigenvalue weighted by molar-refractivity contribution is 8.31. The zero-order valence-corrected chi connectivity index (χ0v) is 10.4. The fraction of sp³-hybridized carbons (Fsp3) is 0.714. The van der Waals surface area contributed by atoms with E-state index in [-0.39, 0.29) is 6.10 Å². The van der Waals surface area contributed by atoms with E-state index in [2.05, 4.69) is 27.9 Å². The molecule has 0 fully saturated rings. The predicted octanol–water partition coefficient (Wildman–Crippen LogP) is 2.28. The van der Waals surface area contributed by atoms with Gasteiger partial charge in [0.05, 0.1) is 12.4 Å². The van der Waals surface area contributed by atoms with E-state index < -0.39 is 8.26 Å². The van der Waals surface area contributed by atoms with Crippen molar-refractivity contribution < 1.29 is 17.9 Å². The molecule has 0 aliphatic carbocycles. The van der Waals surface area contributed by atoms with E-state index in [0.29, 0.717) is 6.61 Å². The molecule has 86 valence electrons. The lowest BCUT2D eigenvalue weighted by atomic mass is 10.4. The first-order valence-electron chi connectivity index (χ1n) is 3.79. The third-order valence-electron chi connectivity index (χ3n) is 0.900. The molecule has 0 radical (unpaired) electrons. The fourth-order valence-electron chi connectivity index (χ4n) is 0.536. The Hall–Kier alpha value is 0.0300. The third-order valence-corrected chi connectivity index (χ3v) is 0.900. The summed E-state index contributed by atoms with van der Waals surface area (Å²) < 4.78 is 28.4. The molecule has 1 unspecified atom stereocenters. The zero-order chi connectivity index (χ0) is 11.6. The second kappa shape index (κ2) is 9.58. The Bertz CT molecular complexity index is 220. The van der Waals surface area contributed by atoms with Crippen LogP contribution in [0, 0.1) is 0 Å². The van der Waals surface area contributed by atoms with Crippen LogP contribution >= 0.6 is 21.4 Å². The number of halogens is 2. The van der Waals surface area contributed by atoms with Crippen LogP contribution in [-0.2, 0) is 17.7 Å². The average molecular weight is 265 g/mol. The van der Waals surface area contributed by atoms with Gasteiger partial charge in [0.15, 0.2) is 0 Å². The summed E-state index contributed by atoms with van der Waals surface area (Å²) in [5, 5.41) is 0. The molecule has 0 saturated heterocycles. The molecule has 0 aromatic rings. The molecule has 0 saturated carbocycles. The van der Waals surface area contributed by atoms with Crippen molar-refractivity contribution in [2.75, 3.05) is 13.2 Å². The van der Waals surface area contributed by atoms with Crippen LogP contribution < -0.4 is 0 Å². The molecule has 0 aliphatic heterocycles. The monoisotopic (exact) mass is 264 g/mol. The van der Waals surface area contributed by atoms with Gasteiger partial charge < -0.3 is 9.47 Å². The predicted molar refractivity (Wildman–Crippen MR) is 57.9 cm³/mol. The molecule has 1 atom stereocenters. The minimum absolute atomic E-state index is 0.174. The third kappa shape index (κ3) is 29.6. The van der Waals surface area contributed by atoms with Crippen molar-refractivity contribution >= 4 is 29.6 Å². The molecule has 0 bridgehead atoms. The van der Waals surface area contributed by atoms with Gasteiger partial charge in [-0.05, 0) is 13.8 Å². The van der Waals surface area contributed by atoms with E-state index in [1.165, 1.54) is 6.26 Å². The van der Waals surface area contributed by atoms with E-state index in [4.69, 9.17) is 17.9 Å². The molecular formula is C7H14Cl2O4S. The highest BCUT2D eigenvalue weighted by Gasteiger charge is 1.97. The van der Waals surface area contributed by atoms with Crippen molar-refractivity contribution in [2.24, 2.45) is 0 Å². The highest BCUT2D eigenvalue weighted by Crippen LogP contribution is 1.98. The van der Waals surface area contributed by atoms with Crippen LogP contribution in [-0.4, -0.2) is 27.7 Å². The second-order valence-corrected chi connectivity index (χ2v) is 5.81. The Kier molecular flexibility index (Phi) is 11.3. The standard InChI is InChI=1S/C7H14O2.Cl2O2S/c1-4-8-6-7(3)9-5-2;1-5(2,3)4/h4,7H,1,5-6H2,2-3H3;. The smallest absolute Gasteiger partial charge is 0.317 e. The molecule has 0 spiro atoms. The van der Waals surface area contributed by atoms with Gasteiger partial charge in [0.2, 0.25) is 0 Å². The normalized spacial score (nSPS) is 12.3. The summed E-state index contributed by atoms with van der Waals surface area (Å²) in [4.78, 5) is 0. The maximum atomic E-state index is 9.16. The largest absolute Gasteiger partial charge is 0.499 e. The summed E-state index contributed by atoms with van der Waals surface area (Å²) in [6, 6.07) is 0. The van der Waals surface area contributed by atoms with E-state index in [0.717, 1.165) is 6.61 Å². The van der Waals surface area contributed by atoms with Crippen LogP contribution in [0.3, 0.4) is 0 Å². The lowest BCUT2D eigenvalue weighted by Gasteiger charge is -2.09. The van der Waals surface area contributed by atoms with Crippen molar-refractivity contribution in [1.29, 1.82) is 0 Å². The molecule has 0 aromatic heterocycles. The highest BCUT2D eigenvalue weighted by atomic mass is 36.0. The van der Waals surface area contributed by atoms with Crippen LogP contribution in [0.15, 0.2) is 12.8 Å². The van der Waals surface area contributed by atoms with Crippen molar-refractivity contribution in [3.05, 3.63) is 12.8 Å². The van der Waals surface area contributed by atoms with Gasteiger partial charge in [-0.3, -0.25) is 0 Å². The molecular weight excluding hydrogens is 251 g/mol. The van der Waals surface area contributed by atoms with Gasteiger partial charge in [-0.1, -0.05) is 6.58 Å². The second-order valence-electron chi connectivity index (χ2n) is 2.14. The first-order valence-corrected chi connectivity index (χ1v) is 6.93. The van der Waals surface area contributed by atoms with E-state index in [9.17, 15) is 0 Å². The molecule has 0 N–H and O–H groups in total. The molecule has 4 nitrogen and oxygen atoms in total. The molecule has 14 heavy (non-hydrogen) atoms. The summed E-state index contributed by atoms with van der Waals surface area (Å²) in [5.41, 5.74) is 0. The van der Waals surface area contributed by atoms with Crippen molar-refractivity contribution in [1.82, 2.24) is 0 Å². The quantitative estimate of drug-likeness (QED) is 0.565. The van der Waals surface area contributed by atoms with E-state index >= 15 is 0 Å². The maximum absolute atomic E-state index is 9.16. The Morgan fingerprint density at radius 1 is 1.50 bits per heavy atom. The summed E-state index contributed by atoms with van der Waals surface area (Å²) in [6.07, 6.45) is 1.60. The first-order chi connectivity index (χ1) is 6.31. The van der Waals surface area contributed by atoms with Crippen LogP contribution in [0.1, 0.15) is 13.8 Å². The first kappa shape index (κ1) is 16.5. The van der Waals surface area contributed by atoms with Gasteiger partial charge in [0.1, 0.15) is 6.61 Å². The van der Waals surface area contributed by atoms with Gasteiger partial charge in [0.25, 0.3) is 0 Å². The Morgan fingerprint density at radius 3 is 2.21 bits per heavy atom.